The highest BCUT2D eigenvalue weighted by Gasteiger charge is 2.02. The number of aliphatic hydroxyl groups excluding tert-OH is 1. The van der Waals surface area contributed by atoms with Crippen molar-refractivity contribution in [3.8, 4) is 0 Å². The number of nitrogens with zero attached hydrogens (tertiary/aromatic N) is 1. The van der Waals surface area contributed by atoms with Crippen LogP contribution < -0.4 is 5.32 Å². The van der Waals surface area contributed by atoms with E-state index < -0.39 is 0 Å². The summed E-state index contributed by atoms with van der Waals surface area (Å²) in [5, 5.41) is 16.3. The molecule has 0 radical (unpaired) electrons. The Labute approximate surface area is 122 Å². The number of nitrogens with one attached hydrogen (secondary N) is 1. The van der Waals surface area contributed by atoms with Gasteiger partial charge in [-0.2, -0.15) is 0 Å². The molecular formula is C14H17ClN2OS. The summed E-state index contributed by atoms with van der Waals surface area (Å²) in [6.45, 7) is 2.89. The molecule has 0 saturated carbocycles. The lowest BCUT2D eigenvalue weighted by molar-refractivity contribution is 0.282. The second-order valence-electron chi connectivity index (χ2n) is 4.36. The topological polar surface area (TPSA) is 45.2 Å². The molecule has 0 spiro atoms. The van der Waals surface area contributed by atoms with E-state index in [-0.39, 0.29) is 6.61 Å². The number of hydrogen-bond acceptors (Lipinski definition) is 4. The molecule has 1 aromatic heterocycles. The summed E-state index contributed by atoms with van der Waals surface area (Å²) >= 11 is 7.78. The minimum atomic E-state index is 0.0317. The Kier molecular flexibility index (Phi) is 5.19. The maximum absolute atomic E-state index is 9.10. The molecule has 5 heteroatoms. The van der Waals surface area contributed by atoms with Crippen LogP contribution >= 0.6 is 22.9 Å². The van der Waals surface area contributed by atoms with Gasteiger partial charge in [-0.3, -0.25) is 0 Å². The summed E-state index contributed by atoms with van der Waals surface area (Å²) in [5.74, 6) is 0. The van der Waals surface area contributed by atoms with Gasteiger partial charge in [-0.1, -0.05) is 17.7 Å². The van der Waals surface area contributed by atoms with Gasteiger partial charge in [0.15, 0.2) is 0 Å². The van der Waals surface area contributed by atoms with Gasteiger partial charge in [-0.15, -0.1) is 11.3 Å². The maximum Gasteiger partial charge on any atom is 0.0897 e. The van der Waals surface area contributed by atoms with Crippen molar-refractivity contribution in [3.05, 3.63) is 44.9 Å². The first kappa shape index (κ1) is 14.3. The molecule has 3 nitrogen and oxygen atoms in total. The Hall–Kier alpha value is -1.10. The molecule has 0 unspecified atom stereocenters. The summed E-state index contributed by atoms with van der Waals surface area (Å²) in [7, 11) is 0. The average Bonchev–Trinajstić information content (AvgIpc) is 2.82. The van der Waals surface area contributed by atoms with Gasteiger partial charge < -0.3 is 10.4 Å². The van der Waals surface area contributed by atoms with Gasteiger partial charge in [0.2, 0.25) is 0 Å². The third-order valence-electron chi connectivity index (χ3n) is 2.81. The maximum atomic E-state index is 9.10. The van der Waals surface area contributed by atoms with Crippen LogP contribution in [0, 0.1) is 6.92 Å². The summed E-state index contributed by atoms with van der Waals surface area (Å²) in [6.07, 6.45) is 1.97. The van der Waals surface area contributed by atoms with Crippen LogP contribution in [0.1, 0.15) is 22.7 Å². The average molecular weight is 297 g/mol. The Bertz CT molecular complexity index is 542. The first-order valence-corrected chi connectivity index (χ1v) is 7.49. The SMILES string of the molecule is Cc1nc(CCCNc2cc(CO)ccc2Cl)cs1. The molecule has 0 aliphatic heterocycles. The van der Waals surface area contributed by atoms with Crippen molar-refractivity contribution in [2.75, 3.05) is 11.9 Å². The number of benzene rings is 1. The molecule has 2 aromatic rings. The van der Waals surface area contributed by atoms with Gasteiger partial charge in [0.05, 0.1) is 28.0 Å². The highest BCUT2D eigenvalue weighted by molar-refractivity contribution is 7.09. The summed E-state index contributed by atoms with van der Waals surface area (Å²) in [6, 6.07) is 5.51. The fourth-order valence-electron chi connectivity index (χ4n) is 1.82. The normalized spacial score (nSPS) is 10.7. The zero-order valence-electron chi connectivity index (χ0n) is 10.8. The van der Waals surface area contributed by atoms with Gasteiger partial charge in [0, 0.05) is 11.9 Å². The standard InChI is InChI=1S/C14H17ClN2OS/c1-10-17-12(9-19-10)3-2-6-16-14-7-11(8-18)4-5-13(14)15/h4-5,7,9,16,18H,2-3,6,8H2,1H3. The predicted octanol–water partition coefficient (Wildman–Crippen LogP) is 3.64. The Morgan fingerprint density at radius 2 is 2.26 bits per heavy atom. The molecule has 0 amide bonds. The van der Waals surface area contributed by atoms with Crippen LogP contribution in [-0.4, -0.2) is 16.6 Å². The lowest BCUT2D eigenvalue weighted by Gasteiger charge is -2.09. The minimum Gasteiger partial charge on any atom is -0.392 e. The fourth-order valence-corrected chi connectivity index (χ4v) is 2.65. The molecule has 0 aliphatic rings. The number of aliphatic hydroxyl groups is 1. The second kappa shape index (κ2) is 6.89. The summed E-state index contributed by atoms with van der Waals surface area (Å²) in [4.78, 5) is 4.43. The van der Waals surface area contributed by atoms with E-state index in [1.165, 1.54) is 0 Å². The van der Waals surface area contributed by atoms with Crippen molar-refractivity contribution < 1.29 is 5.11 Å². The number of aromatic nitrogens is 1. The molecule has 0 saturated heterocycles. The molecule has 2 rings (SSSR count). The van der Waals surface area contributed by atoms with Gasteiger partial charge in [-0.25, -0.2) is 4.98 Å². The second-order valence-corrected chi connectivity index (χ2v) is 5.83. The van der Waals surface area contributed by atoms with Gasteiger partial charge in [0.1, 0.15) is 0 Å². The smallest absolute Gasteiger partial charge is 0.0897 e. The monoisotopic (exact) mass is 296 g/mol. The largest absolute Gasteiger partial charge is 0.392 e. The molecule has 0 atom stereocenters. The van der Waals surface area contributed by atoms with E-state index in [4.69, 9.17) is 16.7 Å². The van der Waals surface area contributed by atoms with Crippen LogP contribution in [0.2, 0.25) is 5.02 Å². The van der Waals surface area contributed by atoms with Gasteiger partial charge in [0.25, 0.3) is 0 Å². The van der Waals surface area contributed by atoms with Crippen LogP contribution in [0.15, 0.2) is 23.6 Å². The van der Waals surface area contributed by atoms with Crippen molar-refractivity contribution in [2.24, 2.45) is 0 Å². The molecule has 1 heterocycles. The third kappa shape index (κ3) is 4.20. The van der Waals surface area contributed by atoms with Crippen molar-refractivity contribution in [2.45, 2.75) is 26.4 Å². The summed E-state index contributed by atoms with van der Waals surface area (Å²) in [5.41, 5.74) is 2.89. The van der Waals surface area contributed by atoms with E-state index in [2.05, 4.69) is 15.7 Å². The Morgan fingerprint density at radius 3 is 2.95 bits per heavy atom. The van der Waals surface area contributed by atoms with E-state index in [0.29, 0.717) is 5.02 Å². The van der Waals surface area contributed by atoms with E-state index in [1.54, 1.807) is 17.4 Å². The van der Waals surface area contributed by atoms with Crippen molar-refractivity contribution in [1.29, 1.82) is 0 Å². The highest BCUT2D eigenvalue weighted by Crippen LogP contribution is 2.23. The molecule has 19 heavy (non-hydrogen) atoms. The molecule has 0 fully saturated rings. The van der Waals surface area contributed by atoms with E-state index in [1.807, 2.05) is 19.1 Å². The van der Waals surface area contributed by atoms with Gasteiger partial charge in [-0.05, 0) is 37.5 Å². The lowest BCUT2D eigenvalue weighted by Crippen LogP contribution is -2.04. The number of rotatable bonds is 6. The van der Waals surface area contributed by atoms with Crippen LogP contribution in [0.25, 0.3) is 0 Å². The van der Waals surface area contributed by atoms with Gasteiger partial charge >= 0.3 is 0 Å². The zero-order chi connectivity index (χ0) is 13.7. The third-order valence-corrected chi connectivity index (χ3v) is 3.96. The molecule has 1 aromatic carbocycles. The summed E-state index contributed by atoms with van der Waals surface area (Å²) < 4.78 is 0. The molecule has 2 N–H and O–H groups in total. The number of hydrogen-bond donors (Lipinski definition) is 2. The molecule has 0 bridgehead atoms. The first-order chi connectivity index (χ1) is 9.19. The highest BCUT2D eigenvalue weighted by atomic mass is 35.5. The van der Waals surface area contributed by atoms with Crippen LogP contribution in [0.4, 0.5) is 5.69 Å². The van der Waals surface area contributed by atoms with Crippen molar-refractivity contribution in [3.63, 3.8) is 0 Å². The fraction of sp³-hybridized carbons (Fsp3) is 0.357. The van der Waals surface area contributed by atoms with E-state index in [9.17, 15) is 0 Å². The van der Waals surface area contributed by atoms with E-state index >= 15 is 0 Å². The Morgan fingerprint density at radius 1 is 1.42 bits per heavy atom. The molecular weight excluding hydrogens is 280 g/mol. The predicted molar refractivity (Wildman–Crippen MR) is 81.0 cm³/mol. The molecule has 102 valence electrons. The number of thiazole rings is 1. The van der Waals surface area contributed by atoms with Crippen molar-refractivity contribution in [1.82, 2.24) is 4.98 Å². The minimum absolute atomic E-state index is 0.0317. The lowest BCUT2D eigenvalue weighted by atomic mass is 10.2. The van der Waals surface area contributed by atoms with Crippen LogP contribution in [-0.2, 0) is 13.0 Å². The van der Waals surface area contributed by atoms with Crippen LogP contribution in [0.3, 0.4) is 0 Å². The van der Waals surface area contributed by atoms with Crippen molar-refractivity contribution >= 4 is 28.6 Å². The molecule has 0 aliphatic carbocycles. The van der Waals surface area contributed by atoms with E-state index in [0.717, 1.165) is 41.3 Å². The quantitative estimate of drug-likeness (QED) is 0.800. The number of anilines is 1. The zero-order valence-corrected chi connectivity index (χ0v) is 12.4. The Balaban J connectivity index is 1.82. The number of aryl methyl sites for hydroxylation is 2. The number of halogens is 1. The van der Waals surface area contributed by atoms with Crippen LogP contribution in [0.5, 0.6) is 0 Å². The first-order valence-electron chi connectivity index (χ1n) is 6.23.